The van der Waals surface area contributed by atoms with E-state index in [1.807, 2.05) is 0 Å². The molecule has 0 aromatic rings. The van der Waals surface area contributed by atoms with Gasteiger partial charge in [-0.3, -0.25) is 0 Å². The van der Waals surface area contributed by atoms with Crippen molar-refractivity contribution >= 4 is 6.09 Å². The van der Waals surface area contributed by atoms with E-state index in [2.05, 4.69) is 12.2 Å². The highest BCUT2D eigenvalue weighted by Crippen LogP contribution is 2.17. The molecule has 0 spiro atoms. The Morgan fingerprint density at radius 1 is 1.62 bits per heavy atom. The first-order chi connectivity index (χ1) is 6.20. The minimum Gasteiger partial charge on any atom is -0.449 e. The second kappa shape index (κ2) is 4.90. The number of carbonyl (C=O) groups excluding carboxylic acids is 1. The number of amides is 1. The van der Waals surface area contributed by atoms with Crippen molar-refractivity contribution in [3.63, 3.8) is 0 Å². The van der Waals surface area contributed by atoms with Crippen LogP contribution in [0, 0.1) is 5.92 Å². The van der Waals surface area contributed by atoms with Crippen LogP contribution < -0.4 is 0 Å². The van der Waals surface area contributed by atoms with Gasteiger partial charge in [-0.15, -0.1) is 0 Å². The van der Waals surface area contributed by atoms with Gasteiger partial charge in [0.2, 0.25) is 0 Å². The van der Waals surface area contributed by atoms with Crippen molar-refractivity contribution < 1.29 is 9.53 Å². The first kappa shape index (κ1) is 10.1. The maximum atomic E-state index is 11.1. The summed E-state index contributed by atoms with van der Waals surface area (Å²) in [5, 5.41) is 0. The van der Waals surface area contributed by atoms with Crippen molar-refractivity contribution in [1.29, 1.82) is 0 Å². The van der Waals surface area contributed by atoms with E-state index in [0.717, 1.165) is 12.8 Å². The normalized spacial score (nSPS) is 21.2. The fourth-order valence-electron chi connectivity index (χ4n) is 1.33. The van der Waals surface area contributed by atoms with Crippen molar-refractivity contribution in [2.45, 2.75) is 19.3 Å². The van der Waals surface area contributed by atoms with E-state index in [9.17, 15) is 4.79 Å². The minimum absolute atomic E-state index is 0.251. The van der Waals surface area contributed by atoms with Gasteiger partial charge in [0.1, 0.15) is 0 Å². The molecule has 1 amide bonds. The molecule has 0 heterocycles. The van der Waals surface area contributed by atoms with Crippen LogP contribution in [0.3, 0.4) is 0 Å². The first-order valence-electron chi connectivity index (χ1n) is 4.71. The van der Waals surface area contributed by atoms with E-state index in [0.29, 0.717) is 12.5 Å². The van der Waals surface area contributed by atoms with Crippen LogP contribution in [0.25, 0.3) is 0 Å². The van der Waals surface area contributed by atoms with Crippen LogP contribution in [-0.2, 0) is 4.74 Å². The van der Waals surface area contributed by atoms with Gasteiger partial charge < -0.3 is 9.64 Å². The van der Waals surface area contributed by atoms with Gasteiger partial charge in [-0.2, -0.15) is 0 Å². The van der Waals surface area contributed by atoms with Crippen LogP contribution in [-0.4, -0.2) is 31.7 Å². The van der Waals surface area contributed by atoms with Crippen LogP contribution in [0.5, 0.6) is 0 Å². The number of ether oxygens (including phenoxy) is 1. The molecule has 0 saturated heterocycles. The third-order valence-electron chi connectivity index (χ3n) is 2.14. The lowest BCUT2D eigenvalue weighted by Gasteiger charge is -2.17. The van der Waals surface area contributed by atoms with Crippen LogP contribution in [0.4, 0.5) is 4.79 Å². The maximum absolute atomic E-state index is 11.1. The maximum Gasteiger partial charge on any atom is 0.409 e. The van der Waals surface area contributed by atoms with Gasteiger partial charge in [0.25, 0.3) is 0 Å². The van der Waals surface area contributed by atoms with Crippen molar-refractivity contribution in [2.75, 3.05) is 20.7 Å². The largest absolute Gasteiger partial charge is 0.449 e. The topological polar surface area (TPSA) is 29.5 Å². The Balaban J connectivity index is 2.21. The van der Waals surface area contributed by atoms with Gasteiger partial charge in [-0.25, -0.2) is 4.79 Å². The zero-order valence-electron chi connectivity index (χ0n) is 8.32. The number of allylic oxidation sites excluding steroid dienone is 1. The Hall–Kier alpha value is -0.990. The third kappa shape index (κ3) is 3.49. The second-order valence-corrected chi connectivity index (χ2v) is 3.59. The molecule has 0 unspecified atom stereocenters. The fourth-order valence-corrected chi connectivity index (χ4v) is 1.33. The molecule has 1 aliphatic rings. The Morgan fingerprint density at radius 2 is 2.38 bits per heavy atom. The molecule has 0 radical (unpaired) electrons. The van der Waals surface area contributed by atoms with Crippen molar-refractivity contribution in [3.05, 3.63) is 12.2 Å². The second-order valence-electron chi connectivity index (χ2n) is 3.59. The summed E-state index contributed by atoms with van der Waals surface area (Å²) in [6.07, 6.45) is 7.57. The quantitative estimate of drug-likeness (QED) is 0.613. The van der Waals surface area contributed by atoms with Gasteiger partial charge in [0.05, 0.1) is 6.61 Å². The SMILES string of the molecule is CN(C)C(=O)OC[C@@H]1C=CCCC1. The lowest BCUT2D eigenvalue weighted by atomic mass is 9.97. The van der Waals surface area contributed by atoms with Gasteiger partial charge in [0, 0.05) is 20.0 Å². The number of hydrogen-bond acceptors (Lipinski definition) is 2. The molecule has 0 fully saturated rings. The third-order valence-corrected chi connectivity index (χ3v) is 2.14. The summed E-state index contributed by atoms with van der Waals surface area (Å²) in [5.41, 5.74) is 0. The Labute approximate surface area is 79.4 Å². The van der Waals surface area contributed by atoms with E-state index in [4.69, 9.17) is 4.74 Å². The Morgan fingerprint density at radius 3 is 2.92 bits per heavy atom. The highest BCUT2D eigenvalue weighted by atomic mass is 16.6. The number of carbonyl (C=O) groups is 1. The number of nitrogens with zero attached hydrogens (tertiary/aromatic N) is 1. The minimum atomic E-state index is -0.251. The molecule has 1 atom stereocenters. The summed E-state index contributed by atoms with van der Waals surface area (Å²) in [6, 6.07) is 0. The van der Waals surface area contributed by atoms with Crippen LogP contribution in [0.2, 0.25) is 0 Å². The van der Waals surface area contributed by atoms with Crippen LogP contribution >= 0.6 is 0 Å². The van der Waals surface area contributed by atoms with E-state index in [1.54, 1.807) is 14.1 Å². The predicted molar refractivity (Wildman–Crippen MR) is 51.5 cm³/mol. The van der Waals surface area contributed by atoms with Crippen molar-refractivity contribution in [1.82, 2.24) is 4.90 Å². The van der Waals surface area contributed by atoms with E-state index in [1.165, 1.54) is 11.3 Å². The Bertz CT molecular complexity index is 199. The van der Waals surface area contributed by atoms with Crippen LogP contribution in [0.15, 0.2) is 12.2 Å². The molecular weight excluding hydrogens is 166 g/mol. The standard InChI is InChI=1S/C10H17NO2/c1-11(2)10(12)13-8-9-6-4-3-5-7-9/h4,6,9H,3,5,7-8H2,1-2H3/t9-/m1/s1. The zero-order chi connectivity index (χ0) is 9.68. The molecule has 13 heavy (non-hydrogen) atoms. The fraction of sp³-hybridized carbons (Fsp3) is 0.700. The first-order valence-corrected chi connectivity index (χ1v) is 4.71. The highest BCUT2D eigenvalue weighted by molar-refractivity contribution is 5.66. The summed E-state index contributed by atoms with van der Waals surface area (Å²) < 4.78 is 5.08. The van der Waals surface area contributed by atoms with Gasteiger partial charge in [-0.05, 0) is 19.3 Å². The van der Waals surface area contributed by atoms with Crippen molar-refractivity contribution in [3.8, 4) is 0 Å². The average molecular weight is 183 g/mol. The molecule has 74 valence electrons. The zero-order valence-corrected chi connectivity index (χ0v) is 8.32. The van der Waals surface area contributed by atoms with E-state index < -0.39 is 0 Å². The molecule has 1 rings (SSSR count). The molecule has 0 bridgehead atoms. The molecule has 0 aromatic heterocycles. The molecule has 0 N–H and O–H groups in total. The monoisotopic (exact) mass is 183 g/mol. The summed E-state index contributed by atoms with van der Waals surface area (Å²) in [7, 11) is 3.39. The summed E-state index contributed by atoms with van der Waals surface area (Å²) in [5.74, 6) is 0.428. The molecule has 1 aliphatic carbocycles. The Kier molecular flexibility index (Phi) is 3.80. The highest BCUT2D eigenvalue weighted by Gasteiger charge is 2.11. The number of rotatable bonds is 2. The van der Waals surface area contributed by atoms with Gasteiger partial charge in [-0.1, -0.05) is 12.2 Å². The van der Waals surface area contributed by atoms with Crippen LogP contribution in [0.1, 0.15) is 19.3 Å². The lowest BCUT2D eigenvalue weighted by molar-refractivity contribution is 0.106. The van der Waals surface area contributed by atoms with E-state index >= 15 is 0 Å². The summed E-state index contributed by atoms with van der Waals surface area (Å²) >= 11 is 0. The molecule has 0 aromatic carbocycles. The van der Waals surface area contributed by atoms with Crippen molar-refractivity contribution in [2.24, 2.45) is 5.92 Å². The summed E-state index contributed by atoms with van der Waals surface area (Å²) in [6.45, 7) is 0.521. The average Bonchev–Trinajstić information content (AvgIpc) is 2.15. The van der Waals surface area contributed by atoms with Gasteiger partial charge in [0.15, 0.2) is 0 Å². The van der Waals surface area contributed by atoms with Gasteiger partial charge >= 0.3 is 6.09 Å². The predicted octanol–water partition coefficient (Wildman–Crippen LogP) is 2.04. The molecule has 0 saturated carbocycles. The molecular formula is C10H17NO2. The molecule has 3 heteroatoms. The lowest BCUT2D eigenvalue weighted by Crippen LogP contribution is -2.25. The smallest absolute Gasteiger partial charge is 0.409 e. The number of hydrogen-bond donors (Lipinski definition) is 0. The van der Waals surface area contributed by atoms with E-state index in [-0.39, 0.29) is 6.09 Å². The summed E-state index contributed by atoms with van der Waals surface area (Å²) in [4.78, 5) is 12.5. The molecule has 3 nitrogen and oxygen atoms in total. The molecule has 0 aliphatic heterocycles.